The van der Waals surface area contributed by atoms with E-state index in [4.69, 9.17) is 0 Å². The van der Waals surface area contributed by atoms with E-state index >= 15 is 0 Å². The Bertz CT molecular complexity index is 1260. The summed E-state index contributed by atoms with van der Waals surface area (Å²) in [4.78, 5) is 17.0. The van der Waals surface area contributed by atoms with Crippen molar-refractivity contribution >= 4 is 32.9 Å². The summed E-state index contributed by atoms with van der Waals surface area (Å²) in [5, 5.41) is 12.7. The van der Waals surface area contributed by atoms with Gasteiger partial charge in [-0.3, -0.25) is 9.48 Å². The number of rotatable bonds is 6. The van der Waals surface area contributed by atoms with Gasteiger partial charge in [0.1, 0.15) is 12.4 Å². The Labute approximate surface area is 187 Å². The third kappa shape index (κ3) is 4.23. The van der Waals surface area contributed by atoms with Crippen molar-refractivity contribution in [1.29, 1.82) is 0 Å². The Morgan fingerprint density at radius 1 is 1.06 bits per heavy atom. The van der Waals surface area contributed by atoms with Gasteiger partial charge < -0.3 is 5.32 Å². The largest absolute Gasteiger partial charge is 0.353 e. The second-order valence-electron chi connectivity index (χ2n) is 7.36. The number of nitrogens with one attached hydrogen (secondary N) is 1. The monoisotopic (exact) mass is 484 g/mol. The molecule has 1 aromatic carbocycles. The van der Waals surface area contributed by atoms with Crippen LogP contribution in [0.4, 0.5) is 4.39 Å². The summed E-state index contributed by atoms with van der Waals surface area (Å²) in [7, 11) is 0. The molecule has 0 spiro atoms. The van der Waals surface area contributed by atoms with Gasteiger partial charge in [-0.2, -0.15) is 10.2 Å². The highest BCUT2D eigenvalue weighted by Crippen LogP contribution is 2.29. The average Bonchev–Trinajstić information content (AvgIpc) is 3.19. The van der Waals surface area contributed by atoms with Crippen molar-refractivity contribution in [2.24, 2.45) is 0 Å². The zero-order valence-electron chi connectivity index (χ0n) is 17.5. The number of carbonyl (C=O) groups is 1. The Morgan fingerprint density at radius 3 is 2.45 bits per heavy atom. The van der Waals surface area contributed by atoms with Crippen LogP contribution >= 0.6 is 15.9 Å². The molecular formula is C22H22BrFN6O. The minimum atomic E-state index is -0.286. The van der Waals surface area contributed by atoms with E-state index in [0.717, 1.165) is 38.1 Å². The maximum atomic E-state index is 13.3. The number of halogens is 2. The molecule has 1 N–H and O–H groups in total. The molecule has 3 heterocycles. The van der Waals surface area contributed by atoms with Crippen molar-refractivity contribution in [2.75, 3.05) is 6.54 Å². The van der Waals surface area contributed by atoms with E-state index in [1.807, 2.05) is 31.5 Å². The molecule has 4 rings (SSSR count). The van der Waals surface area contributed by atoms with Crippen LogP contribution in [0, 0.1) is 26.6 Å². The van der Waals surface area contributed by atoms with Crippen LogP contribution in [0.5, 0.6) is 0 Å². The molecule has 0 aliphatic heterocycles. The molecule has 1 amide bonds. The normalized spacial score (nSPS) is 11.3. The minimum Gasteiger partial charge on any atom is -0.353 e. The summed E-state index contributed by atoms with van der Waals surface area (Å²) >= 11 is 3.51. The summed E-state index contributed by atoms with van der Waals surface area (Å²) in [6.45, 7) is 6.89. The summed E-state index contributed by atoms with van der Waals surface area (Å²) < 4.78 is 17.8. The first-order valence-electron chi connectivity index (χ1n) is 9.89. The van der Waals surface area contributed by atoms with Gasteiger partial charge in [0.25, 0.3) is 0 Å². The number of hydrogen-bond acceptors (Lipinski definition) is 4. The van der Waals surface area contributed by atoms with E-state index < -0.39 is 0 Å². The number of carbonyl (C=O) groups excluding carboxylic acids is 1. The number of aromatic nitrogens is 5. The molecule has 0 atom stereocenters. The lowest BCUT2D eigenvalue weighted by Gasteiger charge is -2.08. The van der Waals surface area contributed by atoms with Gasteiger partial charge in [-0.25, -0.2) is 14.1 Å². The van der Waals surface area contributed by atoms with Crippen LogP contribution in [-0.4, -0.2) is 37.0 Å². The highest BCUT2D eigenvalue weighted by Gasteiger charge is 2.16. The van der Waals surface area contributed by atoms with Crippen molar-refractivity contribution in [2.45, 2.75) is 33.9 Å². The molecule has 3 aromatic heterocycles. The topological polar surface area (TPSA) is 77.6 Å². The first kappa shape index (κ1) is 21.2. The molecule has 0 aliphatic rings. The fraction of sp³-hybridized carbons (Fsp3) is 0.273. The summed E-state index contributed by atoms with van der Waals surface area (Å²) in [5.41, 5.74) is 5.11. The lowest BCUT2D eigenvalue weighted by molar-refractivity contribution is -0.121. The lowest BCUT2D eigenvalue weighted by atomic mass is 10.0. The SMILES string of the molecule is Cc1nn(CCNC(=O)Cn2nc(C)c3c(-c4ccc(F)cc4)ccnc32)c(C)c1Br. The summed E-state index contributed by atoms with van der Waals surface area (Å²) in [6, 6.07) is 8.18. The fourth-order valence-corrected chi connectivity index (χ4v) is 3.93. The Morgan fingerprint density at radius 2 is 1.77 bits per heavy atom. The van der Waals surface area contributed by atoms with Crippen molar-refractivity contribution in [3.63, 3.8) is 0 Å². The highest BCUT2D eigenvalue weighted by atomic mass is 79.9. The maximum absolute atomic E-state index is 13.3. The molecule has 31 heavy (non-hydrogen) atoms. The van der Waals surface area contributed by atoms with Crippen LogP contribution in [0.3, 0.4) is 0 Å². The highest BCUT2D eigenvalue weighted by molar-refractivity contribution is 9.10. The third-order valence-electron chi connectivity index (χ3n) is 5.20. The van der Waals surface area contributed by atoms with E-state index in [-0.39, 0.29) is 18.3 Å². The van der Waals surface area contributed by atoms with Gasteiger partial charge in [0.15, 0.2) is 5.65 Å². The maximum Gasteiger partial charge on any atom is 0.241 e. The van der Waals surface area contributed by atoms with E-state index in [0.29, 0.717) is 18.7 Å². The molecule has 0 aliphatic carbocycles. The number of aryl methyl sites for hydroxylation is 2. The zero-order chi connectivity index (χ0) is 22.1. The lowest BCUT2D eigenvalue weighted by Crippen LogP contribution is -2.31. The van der Waals surface area contributed by atoms with Crippen molar-refractivity contribution in [3.05, 3.63) is 63.9 Å². The quantitative estimate of drug-likeness (QED) is 0.449. The molecule has 9 heteroatoms. The number of fused-ring (bicyclic) bond motifs is 1. The first-order valence-corrected chi connectivity index (χ1v) is 10.7. The van der Waals surface area contributed by atoms with Crippen LogP contribution in [0.25, 0.3) is 22.2 Å². The summed E-state index contributed by atoms with van der Waals surface area (Å²) in [6.07, 6.45) is 1.68. The molecule has 0 saturated heterocycles. The number of benzene rings is 1. The molecule has 7 nitrogen and oxygen atoms in total. The Hall–Kier alpha value is -3.07. The van der Waals surface area contributed by atoms with E-state index in [2.05, 4.69) is 36.4 Å². The number of pyridine rings is 1. The number of amides is 1. The van der Waals surface area contributed by atoms with Gasteiger partial charge in [-0.1, -0.05) is 12.1 Å². The third-order valence-corrected chi connectivity index (χ3v) is 6.34. The van der Waals surface area contributed by atoms with Crippen LogP contribution in [-0.2, 0) is 17.9 Å². The Kier molecular flexibility index (Phi) is 5.86. The molecule has 0 bridgehead atoms. The molecule has 160 valence electrons. The van der Waals surface area contributed by atoms with Gasteiger partial charge in [-0.15, -0.1) is 0 Å². The molecule has 0 fully saturated rings. The molecular weight excluding hydrogens is 463 g/mol. The summed E-state index contributed by atoms with van der Waals surface area (Å²) in [5.74, 6) is -0.440. The van der Waals surface area contributed by atoms with Crippen molar-refractivity contribution in [1.82, 2.24) is 29.9 Å². The zero-order valence-corrected chi connectivity index (χ0v) is 19.1. The van der Waals surface area contributed by atoms with Crippen molar-refractivity contribution in [3.8, 4) is 11.1 Å². The fourth-order valence-electron chi connectivity index (χ4n) is 3.65. The molecule has 0 unspecified atom stereocenters. The Balaban J connectivity index is 1.49. The second-order valence-corrected chi connectivity index (χ2v) is 8.16. The van der Waals surface area contributed by atoms with E-state index in [1.165, 1.54) is 12.1 Å². The molecule has 4 aromatic rings. The van der Waals surface area contributed by atoms with E-state index in [9.17, 15) is 9.18 Å². The van der Waals surface area contributed by atoms with E-state index in [1.54, 1.807) is 23.0 Å². The minimum absolute atomic E-state index is 0.0605. The van der Waals surface area contributed by atoms with Crippen LogP contribution in [0.15, 0.2) is 41.0 Å². The standard InChI is InChI=1S/C22H22BrFN6O/c1-13-20-18(16-4-6-17(24)7-5-16)8-9-26-22(20)30(27-13)12-19(31)25-10-11-29-15(3)21(23)14(2)28-29/h4-9H,10-12H2,1-3H3,(H,25,31). The van der Waals surface area contributed by atoms with Crippen LogP contribution in [0.2, 0.25) is 0 Å². The van der Waals surface area contributed by atoms with Crippen LogP contribution < -0.4 is 5.32 Å². The number of hydrogen-bond donors (Lipinski definition) is 1. The predicted molar refractivity (Wildman–Crippen MR) is 120 cm³/mol. The van der Waals surface area contributed by atoms with Crippen molar-refractivity contribution < 1.29 is 9.18 Å². The smallest absolute Gasteiger partial charge is 0.241 e. The molecule has 0 radical (unpaired) electrons. The van der Waals surface area contributed by atoms with Gasteiger partial charge in [-0.05, 0) is 66.0 Å². The predicted octanol–water partition coefficient (Wildman–Crippen LogP) is 3.94. The van der Waals surface area contributed by atoms with Crippen LogP contribution in [0.1, 0.15) is 17.1 Å². The van der Waals surface area contributed by atoms with Gasteiger partial charge >= 0.3 is 0 Å². The second kappa shape index (κ2) is 8.58. The van der Waals surface area contributed by atoms with Gasteiger partial charge in [0, 0.05) is 23.8 Å². The average molecular weight is 485 g/mol. The number of nitrogens with zero attached hydrogens (tertiary/aromatic N) is 5. The first-order chi connectivity index (χ1) is 14.8. The van der Waals surface area contributed by atoms with Gasteiger partial charge in [0.2, 0.25) is 5.91 Å². The van der Waals surface area contributed by atoms with Gasteiger partial charge in [0.05, 0.1) is 22.4 Å². The molecule has 0 saturated carbocycles.